The summed E-state index contributed by atoms with van der Waals surface area (Å²) >= 11 is 12.0. The molecule has 7 nitrogen and oxygen atoms in total. The Labute approximate surface area is 234 Å². The van der Waals surface area contributed by atoms with E-state index in [1.165, 1.54) is 18.3 Å². The molecule has 1 N–H and O–H groups in total. The Morgan fingerprint density at radius 1 is 1.14 bits per heavy atom. The minimum absolute atomic E-state index is 0. The Kier molecular flexibility index (Phi) is 9.06. The van der Waals surface area contributed by atoms with E-state index < -0.39 is 21.7 Å². The van der Waals surface area contributed by atoms with Crippen LogP contribution in [0.4, 0.5) is 10.2 Å². The third-order valence-electron chi connectivity index (χ3n) is 5.27. The van der Waals surface area contributed by atoms with Crippen LogP contribution >= 0.6 is 23.2 Å². The molecule has 4 rings (SSSR count). The van der Waals surface area contributed by atoms with Gasteiger partial charge in [-0.05, 0) is 42.8 Å². The molecule has 0 aliphatic carbocycles. The number of nitrogens with zero attached hydrogens (tertiary/aromatic N) is 2. The van der Waals surface area contributed by atoms with Crippen LogP contribution in [0.1, 0.15) is 27.0 Å². The predicted octanol–water partition coefficient (Wildman–Crippen LogP) is 3.98. The van der Waals surface area contributed by atoms with Gasteiger partial charge in [-0.2, -0.15) is 0 Å². The van der Waals surface area contributed by atoms with Gasteiger partial charge in [-0.15, -0.1) is 0 Å². The summed E-state index contributed by atoms with van der Waals surface area (Å²) in [6.45, 7) is 0.932. The summed E-state index contributed by atoms with van der Waals surface area (Å²) < 4.78 is 45.0. The van der Waals surface area contributed by atoms with E-state index in [-0.39, 0.29) is 41.7 Å². The maximum Gasteiger partial charge on any atom is 0.265 e. The molecule has 1 aliphatic heterocycles. The summed E-state index contributed by atoms with van der Waals surface area (Å²) in [5, 5.41) is 0.812. The van der Waals surface area contributed by atoms with Gasteiger partial charge in [0.1, 0.15) is 24.0 Å². The number of ether oxygens (including phenoxy) is 1. The number of sulfonamides is 1. The second-order valence-corrected chi connectivity index (χ2v) is 10.4. The first-order valence-corrected chi connectivity index (χ1v) is 12.9. The average molecular weight is 547 g/mol. The van der Waals surface area contributed by atoms with Crippen molar-refractivity contribution in [2.75, 3.05) is 17.7 Å². The molecule has 2 aromatic carbocycles. The molecule has 0 saturated heterocycles. The van der Waals surface area contributed by atoms with Crippen molar-refractivity contribution in [2.45, 2.75) is 19.6 Å². The zero-order valence-corrected chi connectivity index (χ0v) is 23.3. The minimum atomic E-state index is -3.69. The van der Waals surface area contributed by atoms with Crippen LogP contribution in [0.3, 0.4) is 0 Å². The van der Waals surface area contributed by atoms with E-state index in [4.69, 9.17) is 27.9 Å². The third kappa shape index (κ3) is 6.87. The number of amides is 1. The third-order valence-corrected chi connectivity index (χ3v) is 6.30. The zero-order valence-electron chi connectivity index (χ0n) is 19.0. The summed E-state index contributed by atoms with van der Waals surface area (Å²) in [7, 11) is -3.69. The van der Waals surface area contributed by atoms with Gasteiger partial charge in [-0.1, -0.05) is 29.3 Å². The van der Waals surface area contributed by atoms with Crippen molar-refractivity contribution in [1.29, 1.82) is 0 Å². The molecule has 2 heterocycles. The first kappa shape index (κ1) is 27.7. The van der Waals surface area contributed by atoms with Crippen molar-refractivity contribution >= 4 is 74.5 Å². The summed E-state index contributed by atoms with van der Waals surface area (Å²) in [4.78, 5) is 18.8. The Balaban J connectivity index is 0.00000342. The van der Waals surface area contributed by atoms with Crippen molar-refractivity contribution in [1.82, 2.24) is 9.71 Å². The molecule has 1 aromatic heterocycles. The van der Waals surface area contributed by atoms with Gasteiger partial charge < -0.3 is 9.64 Å². The standard InChI is InChI=1S/C23H20Cl2FN3O4S.Na/c1-34(31,32)28-23(30)19-6-8-27-22-18(19)7-9-29(22)12-15-10-16(24)4-5-21(15)33-13-14-2-3-17(25)11-20(14)26;/h2-6,8,10-11H,7,9,12-13H2,1H3,(H,28,30);. The molecule has 179 valence electrons. The molecular formula is C23H20Cl2FN3NaO4S. The normalized spacial score (nSPS) is 12.6. The molecule has 0 saturated carbocycles. The number of nitrogens with one attached hydrogen (secondary N) is 1. The summed E-state index contributed by atoms with van der Waals surface area (Å²) in [6, 6.07) is 11.0. The number of anilines is 1. The molecule has 0 bridgehead atoms. The number of fused-ring (bicyclic) bond motifs is 1. The molecule has 12 heteroatoms. The largest absolute Gasteiger partial charge is 0.488 e. The van der Waals surface area contributed by atoms with Gasteiger partial charge in [-0.25, -0.2) is 22.5 Å². The fraction of sp³-hybridized carbons (Fsp3) is 0.217. The molecule has 35 heavy (non-hydrogen) atoms. The summed E-state index contributed by atoms with van der Waals surface area (Å²) in [6.07, 6.45) is 2.91. The number of rotatable bonds is 7. The maximum absolute atomic E-state index is 14.1. The van der Waals surface area contributed by atoms with Crippen molar-refractivity contribution < 1.29 is 22.3 Å². The second kappa shape index (κ2) is 11.5. The van der Waals surface area contributed by atoms with Crippen LogP contribution in [0.25, 0.3) is 0 Å². The van der Waals surface area contributed by atoms with Gasteiger partial charge in [0.05, 0.1) is 6.26 Å². The van der Waals surface area contributed by atoms with Crippen molar-refractivity contribution in [2.24, 2.45) is 0 Å². The fourth-order valence-electron chi connectivity index (χ4n) is 3.76. The fourth-order valence-corrected chi connectivity index (χ4v) is 4.56. The van der Waals surface area contributed by atoms with Crippen LogP contribution in [-0.2, 0) is 29.6 Å². The molecule has 1 amide bonds. The number of pyridine rings is 1. The average Bonchev–Trinajstić information content (AvgIpc) is 3.16. The molecule has 1 radical (unpaired) electrons. The topological polar surface area (TPSA) is 88.6 Å². The number of carbonyl (C=O) groups excluding carboxylic acids is 1. The van der Waals surface area contributed by atoms with Crippen LogP contribution in [0.2, 0.25) is 10.0 Å². The Morgan fingerprint density at radius 3 is 2.57 bits per heavy atom. The van der Waals surface area contributed by atoms with Crippen LogP contribution in [-0.4, -0.2) is 61.7 Å². The van der Waals surface area contributed by atoms with Gasteiger partial charge in [0.2, 0.25) is 10.0 Å². The Hall–Kier alpha value is -1.88. The van der Waals surface area contributed by atoms with E-state index >= 15 is 0 Å². The van der Waals surface area contributed by atoms with E-state index in [0.717, 1.165) is 11.8 Å². The monoisotopic (exact) mass is 546 g/mol. The van der Waals surface area contributed by atoms with E-state index in [1.807, 2.05) is 9.62 Å². The number of aromatic nitrogens is 1. The summed E-state index contributed by atoms with van der Waals surface area (Å²) in [5.41, 5.74) is 2.04. The first-order chi connectivity index (χ1) is 16.1. The van der Waals surface area contributed by atoms with E-state index in [0.29, 0.717) is 52.2 Å². The summed E-state index contributed by atoms with van der Waals surface area (Å²) in [5.74, 6) is -0.0469. The van der Waals surface area contributed by atoms with Crippen LogP contribution < -0.4 is 14.4 Å². The van der Waals surface area contributed by atoms with Crippen molar-refractivity contribution in [3.8, 4) is 5.75 Å². The molecule has 1 aliphatic rings. The Morgan fingerprint density at radius 2 is 1.86 bits per heavy atom. The molecular weight excluding hydrogens is 527 g/mol. The minimum Gasteiger partial charge on any atom is -0.488 e. The first-order valence-electron chi connectivity index (χ1n) is 10.2. The van der Waals surface area contributed by atoms with Crippen LogP contribution in [0, 0.1) is 5.82 Å². The molecule has 0 spiro atoms. The molecule has 0 fully saturated rings. The van der Waals surface area contributed by atoms with E-state index in [1.54, 1.807) is 30.3 Å². The zero-order chi connectivity index (χ0) is 24.5. The van der Waals surface area contributed by atoms with Crippen molar-refractivity contribution in [3.63, 3.8) is 0 Å². The number of hydrogen-bond donors (Lipinski definition) is 1. The molecule has 0 atom stereocenters. The quantitative estimate of drug-likeness (QED) is 0.451. The number of carbonyl (C=O) groups is 1. The van der Waals surface area contributed by atoms with Gasteiger partial charge in [0.15, 0.2) is 0 Å². The number of hydrogen-bond acceptors (Lipinski definition) is 6. The second-order valence-electron chi connectivity index (χ2n) is 7.81. The van der Waals surface area contributed by atoms with E-state index in [2.05, 4.69) is 4.98 Å². The van der Waals surface area contributed by atoms with Crippen molar-refractivity contribution in [3.05, 3.63) is 86.8 Å². The van der Waals surface area contributed by atoms with Gasteiger partial charge in [-0.3, -0.25) is 4.79 Å². The molecule has 0 unspecified atom stereocenters. The molecule has 3 aromatic rings. The van der Waals surface area contributed by atoms with E-state index in [9.17, 15) is 17.6 Å². The number of benzene rings is 2. The number of halogens is 3. The predicted molar refractivity (Wildman–Crippen MR) is 134 cm³/mol. The maximum atomic E-state index is 14.1. The Bertz CT molecular complexity index is 1370. The SMILES string of the molecule is CS(=O)(=O)NC(=O)c1ccnc2c1CCN2Cc1cc(Cl)ccc1OCc1ccc(Cl)cc1F.[Na]. The van der Waals surface area contributed by atoms with Gasteiger partial charge in [0, 0.05) is 81.1 Å². The van der Waals surface area contributed by atoms with Crippen LogP contribution in [0.15, 0.2) is 48.7 Å². The van der Waals surface area contributed by atoms with Gasteiger partial charge in [0.25, 0.3) is 5.91 Å². The van der Waals surface area contributed by atoms with Gasteiger partial charge >= 0.3 is 0 Å². The van der Waals surface area contributed by atoms with Crippen LogP contribution in [0.5, 0.6) is 5.75 Å². The smallest absolute Gasteiger partial charge is 0.265 e.